The van der Waals surface area contributed by atoms with E-state index in [4.69, 9.17) is 5.73 Å². The molecule has 1 aliphatic heterocycles. The van der Waals surface area contributed by atoms with E-state index in [0.717, 1.165) is 23.4 Å². The second kappa shape index (κ2) is 6.60. The summed E-state index contributed by atoms with van der Waals surface area (Å²) in [5.74, 6) is 1.42. The van der Waals surface area contributed by atoms with Crippen LogP contribution in [-0.2, 0) is 10.8 Å². The number of benzene rings is 1. The van der Waals surface area contributed by atoms with Gasteiger partial charge in [0.2, 0.25) is 0 Å². The van der Waals surface area contributed by atoms with Gasteiger partial charge < -0.3 is 10.8 Å². The summed E-state index contributed by atoms with van der Waals surface area (Å²) >= 11 is 3.49. The lowest BCUT2D eigenvalue weighted by Crippen LogP contribution is -2.17. The highest BCUT2D eigenvalue weighted by Gasteiger charge is 2.27. The van der Waals surface area contributed by atoms with Crippen LogP contribution in [0.15, 0.2) is 22.0 Å². The summed E-state index contributed by atoms with van der Waals surface area (Å²) in [5, 5.41) is 11.9. The first-order chi connectivity index (χ1) is 10.5. The minimum absolute atomic E-state index is 0.0870. The van der Waals surface area contributed by atoms with Crippen molar-refractivity contribution >= 4 is 28.7 Å². The van der Waals surface area contributed by atoms with Crippen molar-refractivity contribution in [3.8, 4) is 5.75 Å². The Morgan fingerprint density at radius 1 is 1.17 bits per heavy atom. The predicted molar refractivity (Wildman–Crippen MR) is 104 cm³/mol. The van der Waals surface area contributed by atoms with E-state index in [1.165, 1.54) is 4.90 Å². The Balaban J connectivity index is 2.29. The van der Waals surface area contributed by atoms with Crippen LogP contribution in [-0.4, -0.2) is 27.8 Å². The molecule has 0 aromatic heterocycles. The van der Waals surface area contributed by atoms with Gasteiger partial charge >= 0.3 is 0 Å². The number of nitrogens with two attached hydrogens (primary N) is 1. The van der Waals surface area contributed by atoms with Crippen molar-refractivity contribution < 1.29 is 5.11 Å². The number of phenolic OH excluding ortho intramolecular Hbond substituents is 1. The Morgan fingerprint density at radius 3 is 2.09 bits per heavy atom. The molecular formula is C18H28N2OS2. The molecule has 0 spiro atoms. The number of hydrogen-bond donors (Lipinski definition) is 2. The topological polar surface area (TPSA) is 58.6 Å². The summed E-state index contributed by atoms with van der Waals surface area (Å²) in [6.45, 7) is 13.7. The van der Waals surface area contributed by atoms with Crippen LogP contribution in [0.4, 0.5) is 0 Å². The number of aliphatic imine (C=N–C) groups is 1. The molecule has 0 saturated heterocycles. The lowest BCUT2D eigenvalue weighted by Gasteiger charge is -2.28. The van der Waals surface area contributed by atoms with Gasteiger partial charge in [0.15, 0.2) is 5.17 Å². The summed E-state index contributed by atoms with van der Waals surface area (Å²) in [4.78, 5) is 5.47. The fourth-order valence-corrected chi connectivity index (χ4v) is 4.55. The van der Waals surface area contributed by atoms with E-state index in [9.17, 15) is 5.11 Å². The molecular weight excluding hydrogens is 324 g/mol. The summed E-state index contributed by atoms with van der Waals surface area (Å²) in [5.41, 5.74) is 7.60. The van der Waals surface area contributed by atoms with Gasteiger partial charge in [0.05, 0.1) is 6.54 Å². The summed E-state index contributed by atoms with van der Waals surface area (Å²) in [7, 11) is 0. The normalized spacial score (nSPS) is 19.0. The van der Waals surface area contributed by atoms with E-state index in [1.807, 2.05) is 11.8 Å². The third-order valence-corrected chi connectivity index (χ3v) is 6.24. The first-order valence-electron chi connectivity index (χ1n) is 7.96. The zero-order valence-corrected chi connectivity index (χ0v) is 16.6. The number of nitrogens with zero attached hydrogens (tertiary/aromatic N) is 1. The monoisotopic (exact) mass is 352 g/mol. The van der Waals surface area contributed by atoms with Gasteiger partial charge in [-0.25, -0.2) is 0 Å². The van der Waals surface area contributed by atoms with Gasteiger partial charge in [0.25, 0.3) is 0 Å². The van der Waals surface area contributed by atoms with Crippen molar-refractivity contribution in [2.45, 2.75) is 62.5 Å². The third-order valence-electron chi connectivity index (χ3n) is 3.87. The lowest BCUT2D eigenvalue weighted by atomic mass is 9.79. The van der Waals surface area contributed by atoms with E-state index in [1.54, 1.807) is 11.8 Å². The maximum absolute atomic E-state index is 10.8. The van der Waals surface area contributed by atoms with Crippen LogP contribution in [0, 0.1) is 0 Å². The highest BCUT2D eigenvalue weighted by molar-refractivity contribution is 8.15. The van der Waals surface area contributed by atoms with Crippen LogP contribution in [0.1, 0.15) is 52.7 Å². The quantitative estimate of drug-likeness (QED) is 0.786. The summed E-state index contributed by atoms with van der Waals surface area (Å²) in [6.07, 6.45) is 0. The first kappa shape index (κ1) is 18.5. The van der Waals surface area contributed by atoms with Gasteiger partial charge in [-0.2, -0.15) is 0 Å². The Hall–Kier alpha value is -0.810. The van der Waals surface area contributed by atoms with E-state index in [0.29, 0.717) is 16.2 Å². The van der Waals surface area contributed by atoms with Gasteiger partial charge in [-0.1, -0.05) is 53.3 Å². The van der Waals surface area contributed by atoms with Crippen LogP contribution < -0.4 is 5.73 Å². The minimum Gasteiger partial charge on any atom is -0.507 e. The van der Waals surface area contributed by atoms with Crippen molar-refractivity contribution in [2.75, 3.05) is 12.3 Å². The second-order valence-corrected chi connectivity index (χ2v) is 10.5. The summed E-state index contributed by atoms with van der Waals surface area (Å²) in [6, 6.07) is 4.28. The van der Waals surface area contributed by atoms with E-state index >= 15 is 0 Å². The maximum Gasteiger partial charge on any atom is 0.154 e. The van der Waals surface area contributed by atoms with Crippen LogP contribution in [0.2, 0.25) is 0 Å². The molecule has 3 N–H and O–H groups in total. The molecule has 0 fully saturated rings. The number of aromatic hydroxyl groups is 1. The molecule has 0 aliphatic carbocycles. The van der Waals surface area contributed by atoms with Gasteiger partial charge in [0, 0.05) is 27.0 Å². The molecule has 0 bridgehead atoms. The molecule has 2 rings (SSSR count). The minimum atomic E-state index is -0.0870. The van der Waals surface area contributed by atoms with Crippen LogP contribution in [0.5, 0.6) is 5.75 Å². The first-order valence-corrected chi connectivity index (χ1v) is 9.82. The second-order valence-electron chi connectivity index (χ2n) is 8.10. The Kier molecular flexibility index (Phi) is 5.31. The Bertz CT molecular complexity index is 577. The smallest absolute Gasteiger partial charge is 0.154 e. The largest absolute Gasteiger partial charge is 0.507 e. The number of amidine groups is 1. The van der Waals surface area contributed by atoms with Crippen molar-refractivity contribution in [3.05, 3.63) is 23.3 Å². The lowest BCUT2D eigenvalue weighted by molar-refractivity contribution is 0.422. The maximum atomic E-state index is 10.8. The SMILES string of the molecule is CC(C)(C)c1cc(SC[C@H]2CN=C(N)S2)cc(C(C)(C)C)c1O. The number of rotatable bonds is 3. The van der Waals surface area contributed by atoms with Crippen molar-refractivity contribution in [3.63, 3.8) is 0 Å². The van der Waals surface area contributed by atoms with E-state index in [2.05, 4.69) is 58.7 Å². The summed E-state index contributed by atoms with van der Waals surface area (Å²) < 4.78 is 0. The zero-order chi connectivity index (χ0) is 17.4. The standard InChI is InChI=1S/C18H28N2OS2/c1-17(2,3)13-7-11(8-14(15(13)21)18(4,5)6)22-10-12-9-20-16(19)23-12/h7-8,12,21H,9-10H2,1-6H3,(H2,19,20)/t12-/m1/s1. The molecule has 1 aliphatic rings. The van der Waals surface area contributed by atoms with Crippen molar-refractivity contribution in [2.24, 2.45) is 10.7 Å². The van der Waals surface area contributed by atoms with Crippen LogP contribution in [0.3, 0.4) is 0 Å². The molecule has 23 heavy (non-hydrogen) atoms. The third kappa shape index (κ3) is 4.60. The fraction of sp³-hybridized carbons (Fsp3) is 0.611. The van der Waals surface area contributed by atoms with Crippen LogP contribution in [0.25, 0.3) is 0 Å². The zero-order valence-electron chi connectivity index (χ0n) is 14.9. The molecule has 0 saturated carbocycles. The Morgan fingerprint density at radius 2 is 1.70 bits per heavy atom. The molecule has 3 nitrogen and oxygen atoms in total. The molecule has 0 unspecified atom stereocenters. The fourth-order valence-electron chi connectivity index (χ4n) is 2.55. The van der Waals surface area contributed by atoms with Gasteiger partial charge in [-0.3, -0.25) is 4.99 Å². The molecule has 0 radical (unpaired) electrons. The predicted octanol–water partition coefficient (Wildman–Crippen LogP) is 4.51. The van der Waals surface area contributed by atoms with Crippen molar-refractivity contribution in [1.82, 2.24) is 0 Å². The van der Waals surface area contributed by atoms with Gasteiger partial charge in [0.1, 0.15) is 5.75 Å². The van der Waals surface area contributed by atoms with E-state index in [-0.39, 0.29) is 10.8 Å². The van der Waals surface area contributed by atoms with Gasteiger partial charge in [-0.05, 0) is 23.0 Å². The Labute approximate surface area is 148 Å². The molecule has 1 heterocycles. The number of thioether (sulfide) groups is 2. The number of hydrogen-bond acceptors (Lipinski definition) is 5. The average molecular weight is 353 g/mol. The van der Waals surface area contributed by atoms with Crippen LogP contribution >= 0.6 is 23.5 Å². The number of phenols is 1. The molecule has 1 aromatic rings. The highest BCUT2D eigenvalue weighted by Crippen LogP contribution is 2.42. The molecule has 5 heteroatoms. The van der Waals surface area contributed by atoms with Gasteiger partial charge in [-0.15, -0.1) is 11.8 Å². The molecule has 1 aromatic carbocycles. The van der Waals surface area contributed by atoms with E-state index < -0.39 is 0 Å². The van der Waals surface area contributed by atoms with Crippen molar-refractivity contribution in [1.29, 1.82) is 0 Å². The molecule has 1 atom stereocenters. The molecule has 128 valence electrons. The average Bonchev–Trinajstić information content (AvgIpc) is 2.80. The molecule has 0 amide bonds. The highest BCUT2D eigenvalue weighted by atomic mass is 32.2.